The first-order valence-corrected chi connectivity index (χ1v) is 10.7. The van der Waals surface area contributed by atoms with Crippen LogP contribution in [0.3, 0.4) is 0 Å². The van der Waals surface area contributed by atoms with Crippen molar-refractivity contribution in [1.29, 1.82) is 0 Å². The highest BCUT2D eigenvalue weighted by Gasteiger charge is 2.36. The van der Waals surface area contributed by atoms with E-state index in [0.29, 0.717) is 24.3 Å². The number of halogens is 2. The number of benzene rings is 2. The summed E-state index contributed by atoms with van der Waals surface area (Å²) in [5, 5.41) is 3.48. The predicted molar refractivity (Wildman–Crippen MR) is 129 cm³/mol. The summed E-state index contributed by atoms with van der Waals surface area (Å²) < 4.78 is 17.6. The monoisotopic (exact) mass is 468 g/mol. The van der Waals surface area contributed by atoms with Crippen LogP contribution in [0.15, 0.2) is 42.5 Å². The van der Waals surface area contributed by atoms with Crippen LogP contribution >= 0.6 is 24.8 Å². The Hall–Kier alpha value is -1.66. The van der Waals surface area contributed by atoms with Gasteiger partial charge in [-0.05, 0) is 30.4 Å². The quantitative estimate of drug-likeness (QED) is 0.598. The fourth-order valence-corrected chi connectivity index (χ4v) is 4.43. The van der Waals surface area contributed by atoms with Crippen molar-refractivity contribution in [2.75, 3.05) is 40.4 Å². The van der Waals surface area contributed by atoms with Gasteiger partial charge in [0, 0.05) is 43.9 Å². The summed E-state index contributed by atoms with van der Waals surface area (Å²) in [7, 11) is 3.38. The van der Waals surface area contributed by atoms with Crippen LogP contribution in [0.25, 0.3) is 0 Å². The number of rotatable bonds is 8. The molecule has 0 amide bonds. The number of ether oxygens (including phenoxy) is 3. The van der Waals surface area contributed by atoms with Gasteiger partial charge in [-0.2, -0.15) is 0 Å². The zero-order valence-electron chi connectivity index (χ0n) is 18.3. The Morgan fingerprint density at radius 1 is 0.935 bits per heavy atom. The number of nitrogens with one attached hydrogen (secondary N) is 1. The number of nitrogens with zero attached hydrogens (tertiary/aromatic N) is 1. The van der Waals surface area contributed by atoms with E-state index in [1.807, 2.05) is 24.3 Å². The van der Waals surface area contributed by atoms with Crippen molar-refractivity contribution < 1.29 is 14.2 Å². The maximum Gasteiger partial charge on any atom is 0.164 e. The first-order valence-electron chi connectivity index (χ1n) is 10.7. The second kappa shape index (κ2) is 12.4. The lowest BCUT2D eigenvalue weighted by Gasteiger charge is -2.43. The zero-order chi connectivity index (χ0) is 20.1. The van der Waals surface area contributed by atoms with Gasteiger partial charge in [0.2, 0.25) is 0 Å². The summed E-state index contributed by atoms with van der Waals surface area (Å²) >= 11 is 0. The number of piperazine rings is 1. The lowest BCUT2D eigenvalue weighted by molar-refractivity contribution is 0.0807. The van der Waals surface area contributed by atoms with E-state index in [1.54, 1.807) is 14.2 Å². The molecule has 1 aliphatic heterocycles. The van der Waals surface area contributed by atoms with Crippen molar-refractivity contribution in [1.82, 2.24) is 10.2 Å². The van der Waals surface area contributed by atoms with Crippen molar-refractivity contribution in [2.24, 2.45) is 5.92 Å². The van der Waals surface area contributed by atoms with Gasteiger partial charge < -0.3 is 19.5 Å². The summed E-state index contributed by atoms with van der Waals surface area (Å²) in [6.07, 6.45) is 3.88. The Labute approximate surface area is 198 Å². The van der Waals surface area contributed by atoms with E-state index in [1.165, 1.54) is 24.8 Å². The van der Waals surface area contributed by atoms with Gasteiger partial charge in [0.25, 0.3) is 0 Å². The smallest absolute Gasteiger partial charge is 0.164 e. The molecular weight excluding hydrogens is 435 g/mol. The molecule has 1 saturated heterocycles. The van der Waals surface area contributed by atoms with E-state index in [2.05, 4.69) is 28.4 Å². The molecule has 0 radical (unpaired) electrons. The third-order valence-corrected chi connectivity index (χ3v) is 6.21. The maximum absolute atomic E-state index is 6.38. The molecule has 2 fully saturated rings. The van der Waals surface area contributed by atoms with Gasteiger partial charge in [0.1, 0.15) is 12.4 Å². The lowest BCUT2D eigenvalue weighted by Crippen LogP contribution is -2.47. The van der Waals surface area contributed by atoms with Gasteiger partial charge in [0.05, 0.1) is 14.2 Å². The fourth-order valence-electron chi connectivity index (χ4n) is 4.43. The van der Waals surface area contributed by atoms with Gasteiger partial charge in [-0.1, -0.05) is 36.8 Å². The summed E-state index contributed by atoms with van der Waals surface area (Å²) in [4.78, 5) is 2.62. The summed E-state index contributed by atoms with van der Waals surface area (Å²) in [6.45, 7) is 4.75. The SMILES string of the molecule is COc1cc(OCc2ccccc2)c([C@H](C2CCC2)N2CCNCC2)cc1OC.Cl.Cl. The van der Waals surface area contributed by atoms with Crippen molar-refractivity contribution >= 4 is 24.8 Å². The molecule has 0 bridgehead atoms. The van der Waals surface area contributed by atoms with Crippen LogP contribution in [0.4, 0.5) is 0 Å². The van der Waals surface area contributed by atoms with Crippen LogP contribution in [0.5, 0.6) is 17.2 Å². The molecule has 4 rings (SSSR count). The minimum absolute atomic E-state index is 0. The van der Waals surface area contributed by atoms with Crippen LogP contribution in [-0.2, 0) is 6.61 Å². The van der Waals surface area contributed by atoms with E-state index in [9.17, 15) is 0 Å². The molecule has 5 nitrogen and oxygen atoms in total. The third-order valence-electron chi connectivity index (χ3n) is 6.21. The number of hydrogen-bond acceptors (Lipinski definition) is 5. The average Bonchev–Trinajstić information content (AvgIpc) is 2.75. The molecule has 1 atom stereocenters. The molecule has 172 valence electrons. The Morgan fingerprint density at radius 2 is 1.58 bits per heavy atom. The first-order chi connectivity index (χ1) is 14.3. The molecular formula is C24H34Cl2N2O3. The van der Waals surface area contributed by atoms with Gasteiger partial charge in [-0.15, -0.1) is 24.8 Å². The molecule has 1 saturated carbocycles. The molecule has 1 N–H and O–H groups in total. The molecule has 0 unspecified atom stereocenters. The largest absolute Gasteiger partial charge is 0.493 e. The molecule has 1 heterocycles. The van der Waals surface area contributed by atoms with E-state index in [0.717, 1.165) is 43.2 Å². The third kappa shape index (κ3) is 5.98. The minimum Gasteiger partial charge on any atom is -0.493 e. The molecule has 7 heteroatoms. The van der Waals surface area contributed by atoms with Crippen LogP contribution in [0, 0.1) is 5.92 Å². The number of hydrogen-bond donors (Lipinski definition) is 1. The van der Waals surface area contributed by atoms with Crippen molar-refractivity contribution in [3.8, 4) is 17.2 Å². The van der Waals surface area contributed by atoms with Crippen molar-refractivity contribution in [3.05, 3.63) is 53.6 Å². The Kier molecular flexibility index (Phi) is 10.2. The van der Waals surface area contributed by atoms with Crippen LogP contribution in [0.1, 0.15) is 36.4 Å². The van der Waals surface area contributed by atoms with Gasteiger partial charge in [-0.25, -0.2) is 0 Å². The standard InChI is InChI=1S/C24H32N2O3.2ClH/c1-27-22-15-20(24(19-9-6-10-19)26-13-11-25-12-14-26)21(16-23(22)28-2)29-17-18-7-4-3-5-8-18;;/h3-5,7-8,15-16,19,24-25H,6,9-14,17H2,1-2H3;2*1H/t24-;;/m0../s1. The predicted octanol–water partition coefficient (Wildman–Crippen LogP) is 4.87. The Balaban J connectivity index is 0.00000171. The fraction of sp³-hybridized carbons (Fsp3) is 0.500. The molecule has 0 aromatic heterocycles. The van der Waals surface area contributed by atoms with Gasteiger partial charge >= 0.3 is 0 Å². The van der Waals surface area contributed by atoms with E-state index < -0.39 is 0 Å². The minimum atomic E-state index is 0. The summed E-state index contributed by atoms with van der Waals surface area (Å²) in [5.41, 5.74) is 2.39. The van der Waals surface area contributed by atoms with E-state index >= 15 is 0 Å². The van der Waals surface area contributed by atoms with Crippen molar-refractivity contribution in [2.45, 2.75) is 31.9 Å². The highest BCUT2D eigenvalue weighted by Crippen LogP contribution is 2.47. The topological polar surface area (TPSA) is 43.0 Å². The second-order valence-corrected chi connectivity index (χ2v) is 7.94. The highest BCUT2D eigenvalue weighted by molar-refractivity contribution is 5.85. The Bertz CT molecular complexity index is 797. The molecule has 1 aliphatic carbocycles. The molecule has 0 spiro atoms. The van der Waals surface area contributed by atoms with E-state index in [-0.39, 0.29) is 24.8 Å². The zero-order valence-corrected chi connectivity index (χ0v) is 20.0. The first kappa shape index (κ1) is 25.6. The van der Waals surface area contributed by atoms with Crippen LogP contribution in [0.2, 0.25) is 0 Å². The molecule has 31 heavy (non-hydrogen) atoms. The summed E-state index contributed by atoms with van der Waals surface area (Å²) in [5.74, 6) is 3.06. The summed E-state index contributed by atoms with van der Waals surface area (Å²) in [6, 6.07) is 14.8. The molecule has 2 aliphatic rings. The normalized spacial score (nSPS) is 17.5. The van der Waals surface area contributed by atoms with Gasteiger partial charge in [-0.3, -0.25) is 4.90 Å². The highest BCUT2D eigenvalue weighted by atomic mass is 35.5. The second-order valence-electron chi connectivity index (χ2n) is 7.94. The van der Waals surface area contributed by atoms with Crippen LogP contribution < -0.4 is 19.5 Å². The molecule has 2 aromatic carbocycles. The van der Waals surface area contributed by atoms with Crippen molar-refractivity contribution in [3.63, 3.8) is 0 Å². The average molecular weight is 469 g/mol. The lowest BCUT2D eigenvalue weighted by atomic mass is 9.76. The van der Waals surface area contributed by atoms with E-state index in [4.69, 9.17) is 14.2 Å². The van der Waals surface area contributed by atoms with Gasteiger partial charge in [0.15, 0.2) is 11.5 Å². The number of methoxy groups -OCH3 is 2. The van der Waals surface area contributed by atoms with Crippen LogP contribution in [-0.4, -0.2) is 45.3 Å². The Morgan fingerprint density at radius 3 is 2.16 bits per heavy atom. The maximum atomic E-state index is 6.38. The molecule has 2 aromatic rings.